The zero-order valence-electron chi connectivity index (χ0n) is 16.3. The van der Waals surface area contributed by atoms with Crippen LogP contribution in [-0.2, 0) is 19.1 Å². The van der Waals surface area contributed by atoms with E-state index < -0.39 is 64.1 Å². The van der Waals surface area contributed by atoms with Crippen LogP contribution in [0.2, 0.25) is 0 Å². The van der Waals surface area contributed by atoms with Gasteiger partial charge < -0.3 is 29.9 Å². The van der Waals surface area contributed by atoms with Gasteiger partial charge in [0.15, 0.2) is 17.0 Å². The molecule has 8 heteroatoms. The molecule has 8 nitrogen and oxygen atoms in total. The first-order valence-corrected chi connectivity index (χ1v) is 9.85. The molecule has 0 unspecified atom stereocenters. The minimum atomic E-state index is -1.84. The Morgan fingerprint density at radius 1 is 1.11 bits per heavy atom. The summed E-state index contributed by atoms with van der Waals surface area (Å²) in [5.74, 6) is -4.92. The molecule has 3 aliphatic heterocycles. The number of Topliss-reactive ketones (excluding diaryl/α,β-unsaturated/α-hetero) is 1. The Morgan fingerprint density at radius 2 is 1.75 bits per heavy atom. The van der Waals surface area contributed by atoms with Gasteiger partial charge in [0.25, 0.3) is 0 Å². The number of aliphatic hydroxyl groups is 4. The molecule has 0 amide bonds. The second kappa shape index (κ2) is 4.80. The fourth-order valence-electron chi connectivity index (χ4n) is 6.91. The molecule has 10 atom stereocenters. The second-order valence-electron chi connectivity index (χ2n) is 9.85. The van der Waals surface area contributed by atoms with Crippen LogP contribution in [-0.4, -0.2) is 66.8 Å². The highest BCUT2D eigenvalue weighted by Crippen LogP contribution is 2.73. The smallest absolute Gasteiger partial charge is 0.341 e. The number of hydrogen-bond donors (Lipinski definition) is 4. The molecule has 2 spiro atoms. The third-order valence-corrected chi connectivity index (χ3v) is 8.30. The number of ether oxygens (including phenoxy) is 2. The van der Waals surface area contributed by atoms with Crippen LogP contribution in [0.4, 0.5) is 0 Å². The van der Waals surface area contributed by atoms with E-state index >= 15 is 0 Å². The van der Waals surface area contributed by atoms with Crippen molar-refractivity contribution >= 4 is 11.8 Å². The van der Waals surface area contributed by atoms with Gasteiger partial charge in [-0.25, -0.2) is 4.79 Å². The number of rotatable bonds is 0. The Labute approximate surface area is 162 Å². The fourth-order valence-corrected chi connectivity index (χ4v) is 6.91. The third-order valence-electron chi connectivity index (χ3n) is 8.30. The molecule has 4 bridgehead atoms. The van der Waals surface area contributed by atoms with Crippen LogP contribution in [0, 0.1) is 23.7 Å². The molecule has 154 valence electrons. The van der Waals surface area contributed by atoms with Crippen LogP contribution in [0.15, 0.2) is 11.3 Å². The zero-order valence-corrected chi connectivity index (χ0v) is 16.3. The summed E-state index contributed by atoms with van der Waals surface area (Å²) in [7, 11) is 0. The number of hydrogen-bond acceptors (Lipinski definition) is 8. The Bertz CT molecular complexity index is 847. The van der Waals surface area contributed by atoms with Crippen molar-refractivity contribution in [1.29, 1.82) is 0 Å². The van der Waals surface area contributed by atoms with E-state index in [0.717, 1.165) is 0 Å². The maximum absolute atomic E-state index is 13.4. The molecule has 0 aromatic heterocycles. The van der Waals surface area contributed by atoms with Crippen molar-refractivity contribution in [2.45, 2.75) is 75.1 Å². The summed E-state index contributed by atoms with van der Waals surface area (Å²) >= 11 is 0. The highest BCUT2D eigenvalue weighted by molar-refractivity contribution is 6.01. The van der Waals surface area contributed by atoms with Crippen molar-refractivity contribution in [2.75, 3.05) is 0 Å². The third kappa shape index (κ3) is 1.58. The van der Waals surface area contributed by atoms with Gasteiger partial charge in [-0.1, -0.05) is 13.8 Å². The minimum absolute atomic E-state index is 0.109. The normalized spacial score (nSPS) is 62.4. The van der Waals surface area contributed by atoms with Gasteiger partial charge in [-0.2, -0.15) is 0 Å². The van der Waals surface area contributed by atoms with E-state index in [1.54, 1.807) is 13.8 Å². The summed E-state index contributed by atoms with van der Waals surface area (Å²) in [4.78, 5) is 26.4. The lowest BCUT2D eigenvalue weighted by Gasteiger charge is -2.63. The standard InChI is InChI=1S/C20H26O8/c1-7-5-17(3,26)14(23)10-13(22)9-15(24)18(4)8(2)6-19(9)20(10,28-18)11(12(7)21)16(25)27-19/h7-10,13,15,21-22,24,26H,5-6H2,1-4H3/b12-11+/t7-,8+,9-,10-,13-,15-,17-,18-,19-,20+/m0/s1. The Hall–Kier alpha value is -1.48. The number of carbonyl (C=O) groups is 2. The maximum Gasteiger partial charge on any atom is 0.341 e. The molecule has 3 saturated heterocycles. The van der Waals surface area contributed by atoms with Crippen molar-refractivity contribution in [3.8, 4) is 0 Å². The predicted octanol–water partition coefficient (Wildman–Crippen LogP) is -0.0107. The topological polar surface area (TPSA) is 134 Å². The van der Waals surface area contributed by atoms with E-state index in [1.165, 1.54) is 6.92 Å². The zero-order chi connectivity index (χ0) is 20.6. The molecular weight excluding hydrogens is 368 g/mol. The first-order chi connectivity index (χ1) is 12.8. The van der Waals surface area contributed by atoms with Gasteiger partial charge in [-0.15, -0.1) is 0 Å². The SMILES string of the molecule is C[C@@H]1C[C@]23OC(=O)/C4=C(\O)[C@@H](C)C[C@](C)(O)C(=O)[C@@H]5[C@@H](O)[C@H]2[C@H](O)[C@@]1(C)O[C@@]453. The average Bonchev–Trinajstić information content (AvgIpc) is 2.89. The summed E-state index contributed by atoms with van der Waals surface area (Å²) in [5.41, 5.74) is -6.31. The van der Waals surface area contributed by atoms with Crippen LogP contribution in [0.5, 0.6) is 0 Å². The van der Waals surface area contributed by atoms with Crippen molar-refractivity contribution in [3.05, 3.63) is 11.3 Å². The second-order valence-corrected chi connectivity index (χ2v) is 9.85. The summed E-state index contributed by atoms with van der Waals surface area (Å²) in [6.45, 7) is 6.52. The van der Waals surface area contributed by atoms with Crippen LogP contribution in [0.25, 0.3) is 0 Å². The van der Waals surface area contributed by atoms with Gasteiger partial charge >= 0.3 is 5.97 Å². The molecular formula is C20H26O8. The summed E-state index contributed by atoms with van der Waals surface area (Å²) in [6.07, 6.45) is -2.38. The predicted molar refractivity (Wildman–Crippen MR) is 92.9 cm³/mol. The molecule has 2 saturated carbocycles. The van der Waals surface area contributed by atoms with Crippen molar-refractivity contribution in [2.24, 2.45) is 23.7 Å². The quantitative estimate of drug-likeness (QED) is 0.422. The van der Waals surface area contributed by atoms with Crippen molar-refractivity contribution in [1.82, 2.24) is 0 Å². The number of allylic oxidation sites excluding steroid dienone is 1. The maximum atomic E-state index is 13.4. The van der Waals surface area contributed by atoms with E-state index in [2.05, 4.69) is 0 Å². The van der Waals surface area contributed by atoms with Gasteiger partial charge in [0, 0.05) is 5.92 Å². The average molecular weight is 394 g/mol. The van der Waals surface area contributed by atoms with Gasteiger partial charge in [0.2, 0.25) is 0 Å². The highest BCUT2D eigenvalue weighted by atomic mass is 16.6. The van der Waals surface area contributed by atoms with Crippen LogP contribution in [0.1, 0.15) is 40.5 Å². The molecule has 0 aromatic rings. The van der Waals surface area contributed by atoms with E-state index in [4.69, 9.17) is 9.47 Å². The number of ketones is 1. The van der Waals surface area contributed by atoms with Gasteiger partial charge in [-0.3, -0.25) is 4.79 Å². The molecule has 28 heavy (non-hydrogen) atoms. The summed E-state index contributed by atoms with van der Waals surface area (Å²) in [5, 5.41) is 44.1. The highest BCUT2D eigenvalue weighted by Gasteiger charge is 2.89. The van der Waals surface area contributed by atoms with Crippen LogP contribution in [0.3, 0.4) is 0 Å². The van der Waals surface area contributed by atoms with E-state index in [9.17, 15) is 30.0 Å². The molecule has 0 aromatic carbocycles. The summed E-state index contributed by atoms with van der Waals surface area (Å²) < 4.78 is 12.2. The van der Waals surface area contributed by atoms with E-state index in [1.807, 2.05) is 6.92 Å². The largest absolute Gasteiger partial charge is 0.511 e. The van der Waals surface area contributed by atoms with Crippen LogP contribution >= 0.6 is 0 Å². The molecule has 6 rings (SSSR count). The number of aliphatic hydroxyl groups excluding tert-OH is 3. The lowest BCUT2D eigenvalue weighted by molar-refractivity contribution is -0.342. The molecule has 3 heterocycles. The Kier molecular flexibility index (Phi) is 3.18. The molecule has 4 N–H and O–H groups in total. The minimum Gasteiger partial charge on any atom is -0.511 e. The molecule has 3 aliphatic carbocycles. The van der Waals surface area contributed by atoms with Gasteiger partial charge in [-0.05, 0) is 32.6 Å². The Balaban J connectivity index is 1.89. The van der Waals surface area contributed by atoms with E-state index in [0.29, 0.717) is 0 Å². The fraction of sp³-hybridized carbons (Fsp3) is 0.800. The lowest BCUT2D eigenvalue weighted by Crippen LogP contribution is -2.76. The molecule has 0 radical (unpaired) electrons. The van der Waals surface area contributed by atoms with Crippen LogP contribution < -0.4 is 0 Å². The molecule has 5 fully saturated rings. The first-order valence-electron chi connectivity index (χ1n) is 9.85. The monoisotopic (exact) mass is 394 g/mol. The summed E-state index contributed by atoms with van der Waals surface area (Å²) in [6, 6.07) is 0. The lowest BCUT2D eigenvalue weighted by atomic mass is 9.55. The van der Waals surface area contributed by atoms with Crippen molar-refractivity contribution in [3.63, 3.8) is 0 Å². The van der Waals surface area contributed by atoms with E-state index in [-0.39, 0.29) is 30.1 Å². The number of carbonyl (C=O) groups excluding carboxylic acids is 2. The van der Waals surface area contributed by atoms with Gasteiger partial charge in [0.1, 0.15) is 16.9 Å². The number of fused-ring (bicyclic) bond motifs is 1. The number of esters is 1. The van der Waals surface area contributed by atoms with Gasteiger partial charge in [0.05, 0.1) is 29.6 Å². The molecule has 6 aliphatic rings. The van der Waals surface area contributed by atoms with Crippen molar-refractivity contribution < 1.29 is 39.5 Å². The Morgan fingerprint density at radius 3 is 2.39 bits per heavy atom. The first kappa shape index (κ1) is 18.5.